The van der Waals surface area contributed by atoms with Crippen molar-refractivity contribution < 1.29 is 9.84 Å². The van der Waals surface area contributed by atoms with E-state index < -0.39 is 0 Å². The molecule has 2 aromatic carbocycles. The number of halogens is 1. The third kappa shape index (κ3) is 3.91. The summed E-state index contributed by atoms with van der Waals surface area (Å²) < 4.78 is 5.90. The number of rotatable bonds is 5. The van der Waals surface area contributed by atoms with Crippen molar-refractivity contribution in [2.24, 2.45) is 5.10 Å². The van der Waals surface area contributed by atoms with Crippen molar-refractivity contribution in [2.45, 2.75) is 13.8 Å². The van der Waals surface area contributed by atoms with Gasteiger partial charge >= 0.3 is 0 Å². The molecule has 0 amide bonds. The predicted molar refractivity (Wildman–Crippen MR) is 99.2 cm³/mol. The Morgan fingerprint density at radius 1 is 1.27 bits per heavy atom. The van der Waals surface area contributed by atoms with Gasteiger partial charge in [0.2, 0.25) is 0 Å². The molecule has 2 aromatic rings. The summed E-state index contributed by atoms with van der Waals surface area (Å²) in [5, 5.41) is 16.3. The molecule has 2 rings (SSSR count). The molecule has 0 radical (unpaired) electrons. The topological polar surface area (TPSA) is 45.1 Å². The Morgan fingerprint density at radius 2 is 1.95 bits per heavy atom. The number of methoxy groups -OCH3 is 1. The van der Waals surface area contributed by atoms with Crippen LogP contribution in [0.1, 0.15) is 18.1 Å². The minimum Gasteiger partial charge on any atom is -0.504 e. The molecule has 4 nitrogen and oxygen atoms in total. The predicted octanol–water partition coefficient (Wildman–Crippen LogP) is 4.17. The van der Waals surface area contributed by atoms with E-state index in [1.165, 1.54) is 12.7 Å². The zero-order valence-corrected chi connectivity index (χ0v) is 15.0. The maximum atomic E-state index is 9.86. The Labute approximate surface area is 144 Å². The highest BCUT2D eigenvalue weighted by Crippen LogP contribution is 2.31. The lowest BCUT2D eigenvalue weighted by atomic mass is 10.2. The average Bonchev–Trinajstić information content (AvgIpc) is 2.52. The first-order valence-electron chi connectivity index (χ1n) is 6.99. The van der Waals surface area contributed by atoms with Crippen LogP contribution in [0.4, 0.5) is 5.69 Å². The SMILES string of the molecule is CCN(/N=C/c1cc(I)c(O)c(OC)c1)c1ccc(C)cc1. The summed E-state index contributed by atoms with van der Waals surface area (Å²) in [7, 11) is 1.54. The lowest BCUT2D eigenvalue weighted by molar-refractivity contribution is 0.371. The van der Waals surface area contributed by atoms with Gasteiger partial charge in [-0.15, -0.1) is 0 Å². The van der Waals surface area contributed by atoms with Crippen LogP contribution < -0.4 is 9.75 Å². The van der Waals surface area contributed by atoms with Crippen LogP contribution in [0.3, 0.4) is 0 Å². The zero-order chi connectivity index (χ0) is 16.1. The van der Waals surface area contributed by atoms with Crippen LogP contribution in [0, 0.1) is 10.5 Å². The molecule has 116 valence electrons. The van der Waals surface area contributed by atoms with Crippen LogP contribution in [0.15, 0.2) is 41.5 Å². The molecule has 0 heterocycles. The van der Waals surface area contributed by atoms with Crippen molar-refractivity contribution in [2.75, 3.05) is 18.7 Å². The van der Waals surface area contributed by atoms with E-state index >= 15 is 0 Å². The number of phenolic OH excluding ortho intramolecular Hbond substituents is 1. The highest BCUT2D eigenvalue weighted by atomic mass is 127. The summed E-state index contributed by atoms with van der Waals surface area (Å²) in [6.07, 6.45) is 1.77. The van der Waals surface area contributed by atoms with E-state index in [2.05, 4.69) is 65.8 Å². The van der Waals surface area contributed by atoms with Crippen LogP contribution in [0.2, 0.25) is 0 Å². The van der Waals surface area contributed by atoms with Gasteiger partial charge in [0.15, 0.2) is 11.5 Å². The van der Waals surface area contributed by atoms with Gasteiger partial charge in [0.25, 0.3) is 0 Å². The molecule has 0 aliphatic heterocycles. The fourth-order valence-corrected chi connectivity index (χ4v) is 2.63. The quantitative estimate of drug-likeness (QED) is 0.457. The standard InChI is InChI=1S/C17H19IN2O2/c1-4-20(14-7-5-12(2)6-8-14)19-11-13-9-15(18)17(21)16(10-13)22-3/h5-11,21H,4H2,1-3H3/b19-11+. The first-order valence-corrected chi connectivity index (χ1v) is 8.07. The number of anilines is 1. The number of benzene rings is 2. The molecular weight excluding hydrogens is 391 g/mol. The average molecular weight is 410 g/mol. The van der Waals surface area contributed by atoms with Crippen molar-refractivity contribution in [3.05, 3.63) is 51.1 Å². The Balaban J connectivity index is 2.25. The number of hydrogen-bond donors (Lipinski definition) is 1. The molecule has 0 saturated carbocycles. The highest BCUT2D eigenvalue weighted by molar-refractivity contribution is 14.1. The molecule has 22 heavy (non-hydrogen) atoms. The fraction of sp³-hybridized carbons (Fsp3) is 0.235. The smallest absolute Gasteiger partial charge is 0.171 e. The number of aryl methyl sites for hydroxylation is 1. The number of ether oxygens (including phenoxy) is 1. The second-order valence-corrected chi connectivity index (χ2v) is 6.01. The molecule has 0 bridgehead atoms. The summed E-state index contributed by atoms with van der Waals surface area (Å²) in [5.74, 6) is 0.609. The second kappa shape index (κ2) is 7.49. The van der Waals surface area contributed by atoms with E-state index in [1.807, 2.05) is 11.1 Å². The molecule has 5 heteroatoms. The molecule has 0 fully saturated rings. The number of hydrazone groups is 1. The number of aromatic hydroxyl groups is 1. The molecule has 0 unspecified atom stereocenters. The van der Waals surface area contributed by atoms with Crippen molar-refractivity contribution in [3.63, 3.8) is 0 Å². The maximum Gasteiger partial charge on any atom is 0.171 e. The first-order chi connectivity index (χ1) is 10.5. The van der Waals surface area contributed by atoms with E-state index in [9.17, 15) is 5.11 Å². The van der Waals surface area contributed by atoms with E-state index in [4.69, 9.17) is 4.74 Å². The Bertz CT molecular complexity index is 669. The van der Waals surface area contributed by atoms with Gasteiger partial charge in [-0.1, -0.05) is 17.7 Å². The van der Waals surface area contributed by atoms with Crippen LogP contribution in [0.5, 0.6) is 11.5 Å². The summed E-state index contributed by atoms with van der Waals surface area (Å²) in [6.45, 7) is 4.89. The third-order valence-electron chi connectivity index (χ3n) is 3.25. The lowest BCUT2D eigenvalue weighted by Gasteiger charge is -2.17. The lowest BCUT2D eigenvalue weighted by Crippen LogP contribution is -2.15. The number of phenols is 1. The molecule has 0 aliphatic rings. The maximum absolute atomic E-state index is 9.86. The van der Waals surface area contributed by atoms with Gasteiger partial charge < -0.3 is 9.84 Å². The fourth-order valence-electron chi connectivity index (χ4n) is 2.01. The normalized spacial score (nSPS) is 10.9. The van der Waals surface area contributed by atoms with E-state index in [1.54, 1.807) is 12.3 Å². The van der Waals surface area contributed by atoms with E-state index in [-0.39, 0.29) is 5.75 Å². The molecule has 0 aromatic heterocycles. The number of hydrogen-bond acceptors (Lipinski definition) is 4. The summed E-state index contributed by atoms with van der Waals surface area (Å²) in [5.41, 5.74) is 3.15. The Kier molecular flexibility index (Phi) is 5.65. The highest BCUT2D eigenvalue weighted by Gasteiger charge is 2.08. The minimum atomic E-state index is 0.158. The monoisotopic (exact) mass is 410 g/mol. The largest absolute Gasteiger partial charge is 0.504 e. The summed E-state index contributed by atoms with van der Waals surface area (Å²) in [6, 6.07) is 11.9. The first kappa shape index (κ1) is 16.6. The van der Waals surface area contributed by atoms with Crippen LogP contribution >= 0.6 is 22.6 Å². The van der Waals surface area contributed by atoms with Crippen LogP contribution in [-0.4, -0.2) is 25.0 Å². The van der Waals surface area contributed by atoms with Gasteiger partial charge in [-0.2, -0.15) is 5.10 Å². The zero-order valence-electron chi connectivity index (χ0n) is 12.9. The van der Waals surface area contributed by atoms with Crippen LogP contribution in [-0.2, 0) is 0 Å². The van der Waals surface area contributed by atoms with Gasteiger partial charge in [-0.25, -0.2) is 0 Å². The minimum absolute atomic E-state index is 0.158. The molecule has 1 N–H and O–H groups in total. The Morgan fingerprint density at radius 3 is 2.55 bits per heavy atom. The molecule has 0 aliphatic carbocycles. The van der Waals surface area contributed by atoms with E-state index in [0.717, 1.165) is 21.4 Å². The van der Waals surface area contributed by atoms with Gasteiger partial charge in [0, 0.05) is 6.54 Å². The van der Waals surface area contributed by atoms with Crippen LogP contribution in [0.25, 0.3) is 0 Å². The van der Waals surface area contributed by atoms with Crippen molar-refractivity contribution in [3.8, 4) is 11.5 Å². The van der Waals surface area contributed by atoms with Crippen molar-refractivity contribution >= 4 is 34.5 Å². The van der Waals surface area contributed by atoms with Crippen molar-refractivity contribution in [1.29, 1.82) is 0 Å². The summed E-state index contributed by atoms with van der Waals surface area (Å²) >= 11 is 2.08. The molecular formula is C17H19IN2O2. The van der Waals surface area contributed by atoms with Gasteiger partial charge in [-0.3, -0.25) is 5.01 Å². The second-order valence-electron chi connectivity index (χ2n) is 4.85. The van der Waals surface area contributed by atoms with Gasteiger partial charge in [0.1, 0.15) is 0 Å². The molecule has 0 spiro atoms. The number of nitrogens with zero attached hydrogens (tertiary/aromatic N) is 2. The third-order valence-corrected chi connectivity index (χ3v) is 4.07. The van der Waals surface area contributed by atoms with Gasteiger partial charge in [-0.05, 0) is 66.3 Å². The Hall–Kier alpha value is -1.76. The van der Waals surface area contributed by atoms with Gasteiger partial charge in [0.05, 0.1) is 22.6 Å². The molecule has 0 saturated heterocycles. The summed E-state index contributed by atoms with van der Waals surface area (Å²) in [4.78, 5) is 0. The molecule has 0 atom stereocenters. The van der Waals surface area contributed by atoms with E-state index in [0.29, 0.717) is 5.75 Å². The van der Waals surface area contributed by atoms with Crippen molar-refractivity contribution in [1.82, 2.24) is 0 Å².